The first-order valence-corrected chi connectivity index (χ1v) is 31.7. The zero-order chi connectivity index (χ0) is 66.2. The number of unbranched alkanes of at least 4 members (excludes halogenated alkanes) is 2. The van der Waals surface area contributed by atoms with Crippen molar-refractivity contribution in [3.63, 3.8) is 0 Å². The Labute approximate surface area is 526 Å². The number of aldehydes is 1. The van der Waals surface area contributed by atoms with Gasteiger partial charge in [-0.3, -0.25) is 28.8 Å². The summed E-state index contributed by atoms with van der Waals surface area (Å²) >= 11 is 0. The number of hydrogen-bond donors (Lipinski definition) is 7. The first-order chi connectivity index (χ1) is 42.2. The Balaban J connectivity index is 0.000000561. The minimum absolute atomic E-state index is 0.0702. The van der Waals surface area contributed by atoms with Crippen LogP contribution in [0.1, 0.15) is 86.4 Å². The third kappa shape index (κ3) is 36.6. The second-order valence-corrected chi connectivity index (χ2v) is 24.3. The Bertz CT molecular complexity index is 3000. The van der Waals surface area contributed by atoms with Gasteiger partial charge in [0.15, 0.2) is 0 Å². The van der Waals surface area contributed by atoms with Crippen molar-refractivity contribution >= 4 is 139 Å². The average molecular weight is 1320 g/mol. The van der Waals surface area contributed by atoms with E-state index in [4.69, 9.17) is 45.3 Å². The molecule has 89 heavy (non-hydrogen) atoms. The van der Waals surface area contributed by atoms with E-state index in [1.54, 1.807) is 45.0 Å². The standard InChI is InChI=1S/C29H37BN4O9S2.C23H28BN5O7S2.C2HF3O/c1-29(2,3)43-26(36)17-21(19-45-44-16-15-42-27(37)20-10-12-23(13-11-20)33-34-31)28(38)41-14-5-4-9-25(35)32-24-8-6-7-22(18-24)30(39)40;25-20(15-38-37-13-12-36-22(31)16-7-9-18(10-8-16)28-29-26)23(32)35-11-2-1-6-21(30)27-19-5-3-4-17(14-19)24(33)34;3-2(4,5)1-6/h6-8,10-13,18,21,39-40H,4-5,9,14-17,19H2,1-3H3,(H,32,35);3-5,7-10,14,20,33-34H,1-2,6,11-13,15,25H2,(H,27,30);1H. The van der Waals surface area contributed by atoms with Crippen LogP contribution in [0.2, 0.25) is 0 Å². The van der Waals surface area contributed by atoms with Crippen LogP contribution in [0.3, 0.4) is 0 Å². The maximum Gasteiger partial charge on any atom is 0.488 e. The van der Waals surface area contributed by atoms with Gasteiger partial charge in [-0.25, -0.2) is 9.59 Å². The average Bonchev–Trinajstić information content (AvgIpc) is 3.50. The molecule has 0 aliphatic rings. The molecule has 0 radical (unpaired) electrons. The van der Waals surface area contributed by atoms with Gasteiger partial charge in [0.05, 0.1) is 36.7 Å². The van der Waals surface area contributed by atoms with Crippen molar-refractivity contribution in [2.24, 2.45) is 21.9 Å². The highest BCUT2D eigenvalue weighted by Gasteiger charge is 2.28. The number of nitrogens with two attached hydrogens (primary N) is 1. The molecule has 0 bridgehead atoms. The van der Waals surface area contributed by atoms with Crippen LogP contribution in [0, 0.1) is 5.92 Å². The molecule has 4 aromatic carbocycles. The summed E-state index contributed by atoms with van der Waals surface area (Å²) in [6.07, 6.45) is -3.62. The fraction of sp³-hybridized carbons (Fsp3) is 0.407. The summed E-state index contributed by atoms with van der Waals surface area (Å²) < 4.78 is 57.6. The fourth-order valence-electron chi connectivity index (χ4n) is 6.51. The van der Waals surface area contributed by atoms with Gasteiger partial charge in [0.25, 0.3) is 0 Å². The molecule has 35 heteroatoms. The maximum absolute atomic E-state index is 12.8. The number of anilines is 2. The van der Waals surface area contributed by atoms with Crippen molar-refractivity contribution in [2.45, 2.75) is 83.5 Å². The number of nitrogens with zero attached hydrogens (tertiary/aromatic N) is 6. The molecule has 0 heterocycles. The Kier molecular flexibility index (Phi) is 37.8. The third-order valence-electron chi connectivity index (χ3n) is 10.6. The van der Waals surface area contributed by atoms with E-state index >= 15 is 0 Å². The molecule has 8 N–H and O–H groups in total. The number of ether oxygens (including phenoxy) is 5. The van der Waals surface area contributed by atoms with E-state index in [-0.39, 0.29) is 74.2 Å². The molecular weight excluding hydrogens is 1250 g/mol. The lowest BCUT2D eigenvalue weighted by atomic mass is 9.80. The largest absolute Gasteiger partial charge is 0.488 e. The van der Waals surface area contributed by atoms with Gasteiger partial charge in [-0.1, -0.05) is 102 Å². The Morgan fingerprint density at radius 1 is 0.618 bits per heavy atom. The molecule has 0 spiro atoms. The molecule has 0 fully saturated rings. The van der Waals surface area contributed by atoms with E-state index in [9.17, 15) is 66.8 Å². The van der Waals surface area contributed by atoms with Crippen LogP contribution in [0.4, 0.5) is 35.9 Å². The molecular formula is C54H66B2F3N9O17S4. The molecule has 4 rings (SSSR count). The van der Waals surface area contributed by atoms with E-state index in [0.29, 0.717) is 76.8 Å². The summed E-state index contributed by atoms with van der Waals surface area (Å²) in [6.45, 7) is 5.73. The van der Waals surface area contributed by atoms with Gasteiger partial charge in [0.2, 0.25) is 18.1 Å². The molecule has 2 atom stereocenters. The summed E-state index contributed by atoms with van der Waals surface area (Å²) in [5.74, 6) is -2.34. The van der Waals surface area contributed by atoms with Crippen LogP contribution in [0.25, 0.3) is 20.9 Å². The van der Waals surface area contributed by atoms with Crippen molar-refractivity contribution in [1.82, 2.24) is 0 Å². The number of azide groups is 2. The number of carbonyl (C=O) groups excluding carboxylic acids is 8. The topological polar surface area (TPSA) is 411 Å². The smallest absolute Gasteiger partial charge is 0.465 e. The molecule has 0 aliphatic heterocycles. The number of nitrogens with one attached hydrogen (secondary N) is 2. The molecule has 0 aromatic heterocycles. The number of halogens is 3. The lowest BCUT2D eigenvalue weighted by Crippen LogP contribution is -2.34. The maximum atomic E-state index is 12.8. The van der Waals surface area contributed by atoms with E-state index in [0.717, 1.165) is 0 Å². The van der Waals surface area contributed by atoms with Crippen LogP contribution in [-0.2, 0) is 52.5 Å². The van der Waals surface area contributed by atoms with Crippen LogP contribution >= 0.6 is 43.2 Å². The second kappa shape index (κ2) is 43.3. The molecule has 2 amide bonds. The van der Waals surface area contributed by atoms with Gasteiger partial charge in [-0.15, -0.1) is 0 Å². The van der Waals surface area contributed by atoms with Crippen LogP contribution in [-0.4, -0.2) is 150 Å². The monoisotopic (exact) mass is 1320 g/mol. The summed E-state index contributed by atoms with van der Waals surface area (Å²) in [4.78, 5) is 99.8. The van der Waals surface area contributed by atoms with Gasteiger partial charge in [-0.05, 0) is 117 Å². The zero-order valence-electron chi connectivity index (χ0n) is 48.4. The first-order valence-electron chi connectivity index (χ1n) is 26.7. The van der Waals surface area contributed by atoms with Gasteiger partial charge < -0.3 is 60.1 Å². The highest BCUT2D eigenvalue weighted by Crippen LogP contribution is 2.27. The Hall–Kier alpha value is -7.42. The van der Waals surface area contributed by atoms with Crippen LogP contribution in [0.15, 0.2) is 107 Å². The van der Waals surface area contributed by atoms with Crippen molar-refractivity contribution in [3.05, 3.63) is 129 Å². The molecule has 0 saturated heterocycles. The van der Waals surface area contributed by atoms with Crippen molar-refractivity contribution in [2.75, 3.05) is 60.1 Å². The van der Waals surface area contributed by atoms with Gasteiger partial charge in [0, 0.05) is 68.4 Å². The fourth-order valence-corrected chi connectivity index (χ4v) is 10.6. The van der Waals surface area contributed by atoms with E-state index < -0.39 is 74.1 Å². The van der Waals surface area contributed by atoms with Crippen molar-refractivity contribution < 1.29 is 95.3 Å². The molecule has 480 valence electrons. The number of esters is 5. The van der Waals surface area contributed by atoms with Crippen LogP contribution < -0.4 is 27.3 Å². The minimum atomic E-state index is -4.64. The Morgan fingerprint density at radius 2 is 1.03 bits per heavy atom. The number of benzene rings is 4. The highest BCUT2D eigenvalue weighted by atomic mass is 33.1. The quantitative estimate of drug-likeness (QED) is 0.00269. The van der Waals surface area contributed by atoms with Gasteiger partial charge >= 0.3 is 50.3 Å². The molecule has 2 unspecified atom stereocenters. The van der Waals surface area contributed by atoms with E-state index in [2.05, 4.69) is 30.7 Å². The zero-order valence-corrected chi connectivity index (χ0v) is 51.6. The van der Waals surface area contributed by atoms with E-state index in [1.807, 2.05) is 0 Å². The second-order valence-electron chi connectivity index (χ2n) is 19.1. The molecule has 0 saturated carbocycles. The third-order valence-corrected chi connectivity index (χ3v) is 15.5. The molecule has 0 aliphatic carbocycles. The van der Waals surface area contributed by atoms with Crippen molar-refractivity contribution in [1.29, 1.82) is 0 Å². The number of carbonyl (C=O) groups is 8. The lowest BCUT2D eigenvalue weighted by Gasteiger charge is -2.21. The first kappa shape index (κ1) is 77.7. The number of alkyl halides is 3. The molecule has 26 nitrogen and oxygen atoms in total. The summed E-state index contributed by atoms with van der Waals surface area (Å²) in [5, 5.41) is 49.2. The summed E-state index contributed by atoms with van der Waals surface area (Å²) in [5.41, 5.74) is 24.9. The number of hydrogen-bond acceptors (Lipinski definition) is 24. The Morgan fingerprint density at radius 3 is 1.43 bits per heavy atom. The highest BCUT2D eigenvalue weighted by molar-refractivity contribution is 8.77. The minimum Gasteiger partial charge on any atom is -0.465 e. The predicted octanol–water partition coefficient (Wildman–Crippen LogP) is 7.82. The number of rotatable bonds is 34. The van der Waals surface area contributed by atoms with Crippen LogP contribution in [0.5, 0.6) is 0 Å². The molecule has 4 aromatic rings. The normalized spacial score (nSPS) is 11.3. The van der Waals surface area contributed by atoms with Gasteiger partial charge in [-0.2, -0.15) is 13.2 Å². The predicted molar refractivity (Wildman–Crippen MR) is 334 cm³/mol. The lowest BCUT2D eigenvalue weighted by molar-refractivity contribution is -0.161. The SMILES string of the molecule is CC(C)(C)OC(=O)CC(CSSCCOC(=O)c1ccc(N=[N+]=[N-])cc1)C(=O)OCCCCC(=O)Nc1cccc(B(O)O)c1.O=CC(F)(F)F.[N-]=[N+]=Nc1ccc(C(=O)OCCSSCC(N)C(=O)OCCCCC(=O)Nc2cccc(B(O)O)c2)cc1. The van der Waals surface area contributed by atoms with E-state index in [1.165, 1.54) is 116 Å². The van der Waals surface area contributed by atoms with Gasteiger partial charge in [0.1, 0.15) is 24.9 Å². The summed E-state index contributed by atoms with van der Waals surface area (Å²) in [6, 6.07) is 23.8. The number of amides is 2. The van der Waals surface area contributed by atoms with Crippen molar-refractivity contribution in [3.8, 4) is 0 Å². The summed E-state index contributed by atoms with van der Waals surface area (Å²) in [7, 11) is 2.24.